The number of phenols is 1. The molecule has 3 heteroatoms. The average Bonchev–Trinajstić information content (AvgIpc) is 2.86. The highest BCUT2D eigenvalue weighted by molar-refractivity contribution is 5.42. The maximum absolute atomic E-state index is 10.6. The lowest BCUT2D eigenvalue weighted by Crippen LogP contribution is -2.27. The van der Waals surface area contributed by atoms with Gasteiger partial charge in [-0.05, 0) is 73.5 Å². The number of aromatic hydroxyl groups is 1. The molecule has 1 saturated carbocycles. The lowest BCUT2D eigenvalue weighted by molar-refractivity contribution is 0.0869. The van der Waals surface area contributed by atoms with E-state index in [0.29, 0.717) is 23.5 Å². The fourth-order valence-electron chi connectivity index (χ4n) is 4.98. The van der Waals surface area contributed by atoms with E-state index in [1.807, 2.05) is 6.07 Å². The Morgan fingerprint density at radius 3 is 2.79 bits per heavy atom. The van der Waals surface area contributed by atoms with Gasteiger partial charge < -0.3 is 15.3 Å². The first-order valence-corrected chi connectivity index (χ1v) is 9.76. The third-order valence-electron chi connectivity index (χ3n) is 6.34. The zero-order valence-electron chi connectivity index (χ0n) is 14.8. The molecule has 0 amide bonds. The first kappa shape index (κ1) is 17.8. The summed E-state index contributed by atoms with van der Waals surface area (Å²) in [5, 5.41) is 30.8. The van der Waals surface area contributed by atoms with Crippen molar-refractivity contribution >= 4 is 0 Å². The van der Waals surface area contributed by atoms with Crippen LogP contribution in [0.3, 0.4) is 0 Å². The minimum Gasteiger partial charge on any atom is -0.508 e. The van der Waals surface area contributed by atoms with Crippen LogP contribution in [0.25, 0.3) is 0 Å². The average molecular weight is 332 g/mol. The van der Waals surface area contributed by atoms with Crippen LogP contribution in [-0.4, -0.2) is 27.5 Å². The molecule has 1 unspecified atom stereocenters. The molecule has 0 aliphatic heterocycles. The second-order valence-electron chi connectivity index (χ2n) is 7.94. The van der Waals surface area contributed by atoms with Gasteiger partial charge in [0.25, 0.3) is 0 Å². The predicted octanol–water partition coefficient (Wildman–Crippen LogP) is 3.83. The summed E-state index contributed by atoms with van der Waals surface area (Å²) in [6.45, 7) is 2.18. The number of fused-ring (bicyclic) bond motifs is 2. The Morgan fingerprint density at radius 1 is 1.17 bits per heavy atom. The van der Waals surface area contributed by atoms with Crippen LogP contribution in [0, 0.1) is 17.8 Å². The molecule has 0 radical (unpaired) electrons. The Labute approximate surface area is 145 Å². The van der Waals surface area contributed by atoms with Crippen LogP contribution in [-0.2, 0) is 12.8 Å². The van der Waals surface area contributed by atoms with Crippen molar-refractivity contribution in [2.45, 2.75) is 76.9 Å². The van der Waals surface area contributed by atoms with Crippen LogP contribution < -0.4 is 0 Å². The highest BCUT2D eigenvalue weighted by Gasteiger charge is 2.44. The van der Waals surface area contributed by atoms with Gasteiger partial charge in [-0.1, -0.05) is 38.3 Å². The van der Waals surface area contributed by atoms with Crippen LogP contribution >= 0.6 is 0 Å². The number of hydrogen-bond donors (Lipinski definition) is 3. The normalized spacial score (nSPS) is 30.0. The number of hydrogen-bond acceptors (Lipinski definition) is 3. The zero-order valence-corrected chi connectivity index (χ0v) is 14.8. The third-order valence-corrected chi connectivity index (χ3v) is 6.34. The first-order valence-electron chi connectivity index (χ1n) is 9.76. The predicted molar refractivity (Wildman–Crippen MR) is 96.0 cm³/mol. The molecule has 5 atom stereocenters. The molecule has 2 aliphatic rings. The van der Waals surface area contributed by atoms with Gasteiger partial charge >= 0.3 is 0 Å². The molecular formula is C21H32O3. The van der Waals surface area contributed by atoms with Crippen LogP contribution in [0.1, 0.15) is 63.0 Å². The van der Waals surface area contributed by atoms with Gasteiger partial charge in [0, 0.05) is 0 Å². The van der Waals surface area contributed by atoms with E-state index in [4.69, 9.17) is 0 Å². The molecule has 0 saturated heterocycles. The van der Waals surface area contributed by atoms with Crippen LogP contribution in [0.5, 0.6) is 5.75 Å². The molecule has 1 aromatic carbocycles. The van der Waals surface area contributed by atoms with Crippen molar-refractivity contribution in [1.82, 2.24) is 0 Å². The maximum Gasteiger partial charge on any atom is 0.119 e. The molecule has 1 fully saturated rings. The highest BCUT2D eigenvalue weighted by Crippen LogP contribution is 2.48. The molecular weight excluding hydrogens is 300 g/mol. The van der Waals surface area contributed by atoms with Gasteiger partial charge in [-0.2, -0.15) is 0 Å². The van der Waals surface area contributed by atoms with E-state index < -0.39 is 0 Å². The third kappa shape index (κ3) is 3.78. The summed E-state index contributed by atoms with van der Waals surface area (Å²) < 4.78 is 0. The summed E-state index contributed by atoms with van der Waals surface area (Å²) in [6, 6.07) is 5.81. The molecule has 3 N–H and O–H groups in total. The minimum atomic E-state index is -0.251. The molecule has 2 aliphatic carbocycles. The van der Waals surface area contributed by atoms with E-state index in [-0.39, 0.29) is 12.2 Å². The van der Waals surface area contributed by atoms with Crippen molar-refractivity contribution in [2.75, 3.05) is 0 Å². The molecule has 24 heavy (non-hydrogen) atoms. The highest BCUT2D eigenvalue weighted by atomic mass is 16.3. The summed E-state index contributed by atoms with van der Waals surface area (Å²) >= 11 is 0. The Morgan fingerprint density at radius 2 is 2.00 bits per heavy atom. The summed E-state index contributed by atoms with van der Waals surface area (Å²) in [4.78, 5) is 0. The van der Waals surface area contributed by atoms with Crippen LogP contribution in [0.15, 0.2) is 18.2 Å². The standard InChI is InChI=1S/C21H32O3/c1-2-3-4-7-16(22)9-10-17-18-11-14-6-5-8-20(23)19(14)12-15(18)13-21(17)24/h5-6,8,15-18,21-24H,2-4,7,9-13H2,1H3/t15?,16-,17+,18-,21+/m0/s1. The Hall–Kier alpha value is -1.06. The Kier molecular flexibility index (Phi) is 5.83. The topological polar surface area (TPSA) is 60.7 Å². The van der Waals surface area contributed by atoms with Gasteiger partial charge in [0.05, 0.1) is 12.2 Å². The summed E-state index contributed by atoms with van der Waals surface area (Å²) in [5.41, 5.74) is 2.34. The fraction of sp³-hybridized carbons (Fsp3) is 0.714. The van der Waals surface area contributed by atoms with Gasteiger partial charge in [-0.15, -0.1) is 0 Å². The van der Waals surface area contributed by atoms with Crippen molar-refractivity contribution in [3.05, 3.63) is 29.3 Å². The van der Waals surface area contributed by atoms with Crippen LogP contribution in [0.4, 0.5) is 0 Å². The first-order chi connectivity index (χ1) is 11.6. The van der Waals surface area contributed by atoms with Crippen molar-refractivity contribution < 1.29 is 15.3 Å². The summed E-state index contributed by atoms with van der Waals surface area (Å²) in [5.74, 6) is 1.68. The second-order valence-corrected chi connectivity index (χ2v) is 7.94. The van der Waals surface area contributed by atoms with Gasteiger partial charge in [0.1, 0.15) is 5.75 Å². The van der Waals surface area contributed by atoms with Crippen molar-refractivity contribution in [2.24, 2.45) is 17.8 Å². The lowest BCUT2D eigenvalue weighted by Gasteiger charge is -2.32. The molecule has 1 aromatic rings. The van der Waals surface area contributed by atoms with Crippen molar-refractivity contribution in [1.29, 1.82) is 0 Å². The molecule has 3 rings (SSSR count). The monoisotopic (exact) mass is 332 g/mol. The van der Waals surface area contributed by atoms with E-state index in [1.165, 1.54) is 18.4 Å². The van der Waals surface area contributed by atoms with E-state index in [9.17, 15) is 15.3 Å². The lowest BCUT2D eigenvalue weighted by atomic mass is 9.73. The molecule has 0 aromatic heterocycles. The van der Waals surface area contributed by atoms with Gasteiger partial charge in [-0.3, -0.25) is 0 Å². The van der Waals surface area contributed by atoms with Crippen molar-refractivity contribution in [3.8, 4) is 5.75 Å². The number of rotatable bonds is 7. The Balaban J connectivity index is 1.59. The SMILES string of the molecule is CCCCC[C@H](O)CC[C@H]1[C@H](O)CC2Cc3c(O)cccc3C[C@@H]21. The molecule has 3 nitrogen and oxygen atoms in total. The largest absolute Gasteiger partial charge is 0.508 e. The van der Waals surface area contributed by atoms with Gasteiger partial charge in [-0.25, -0.2) is 0 Å². The number of benzene rings is 1. The van der Waals surface area contributed by atoms with E-state index in [2.05, 4.69) is 13.0 Å². The van der Waals surface area contributed by atoms with Gasteiger partial charge in [0.2, 0.25) is 0 Å². The molecule has 0 bridgehead atoms. The van der Waals surface area contributed by atoms with E-state index in [0.717, 1.165) is 50.5 Å². The number of aliphatic hydroxyl groups excluding tert-OH is 2. The quantitative estimate of drug-likeness (QED) is 0.665. The van der Waals surface area contributed by atoms with Crippen molar-refractivity contribution in [3.63, 3.8) is 0 Å². The van der Waals surface area contributed by atoms with Crippen LogP contribution in [0.2, 0.25) is 0 Å². The number of unbranched alkanes of at least 4 members (excludes halogenated alkanes) is 2. The summed E-state index contributed by atoms with van der Waals surface area (Å²) in [7, 11) is 0. The van der Waals surface area contributed by atoms with E-state index >= 15 is 0 Å². The number of aliphatic hydroxyl groups is 2. The van der Waals surface area contributed by atoms with Gasteiger partial charge in [0.15, 0.2) is 0 Å². The zero-order chi connectivity index (χ0) is 17.1. The molecule has 134 valence electrons. The minimum absolute atomic E-state index is 0.220. The Bertz CT molecular complexity index is 542. The molecule has 0 heterocycles. The summed E-state index contributed by atoms with van der Waals surface area (Å²) in [6.07, 6.45) is 8.31. The molecule has 0 spiro atoms. The number of phenolic OH excluding ortho intramolecular Hbond substituents is 1. The maximum atomic E-state index is 10.6. The second kappa shape index (κ2) is 7.88. The smallest absolute Gasteiger partial charge is 0.119 e. The van der Waals surface area contributed by atoms with E-state index in [1.54, 1.807) is 6.07 Å². The fourth-order valence-corrected chi connectivity index (χ4v) is 4.98.